The van der Waals surface area contributed by atoms with E-state index in [4.69, 9.17) is 9.47 Å². The molecular weight excluding hydrogens is 327 g/mol. The largest absolute Gasteiger partial charge is 0.378 e. The van der Waals surface area contributed by atoms with Gasteiger partial charge in [-0.15, -0.1) is 0 Å². The molecule has 0 saturated carbocycles. The number of aryl methyl sites for hydroxylation is 1. The Kier molecular flexibility index (Phi) is 5.38. The van der Waals surface area contributed by atoms with Crippen molar-refractivity contribution < 1.29 is 23.5 Å². The van der Waals surface area contributed by atoms with Crippen molar-refractivity contribution in [3.8, 4) is 0 Å². The van der Waals surface area contributed by atoms with Crippen molar-refractivity contribution in [1.82, 2.24) is 9.55 Å². The maximum absolute atomic E-state index is 11.9. The average Bonchev–Trinajstić information content (AvgIpc) is 2.92. The molecule has 1 aliphatic rings. The summed E-state index contributed by atoms with van der Waals surface area (Å²) in [5, 5.41) is 0. The van der Waals surface area contributed by atoms with Crippen LogP contribution in [0.3, 0.4) is 0 Å². The monoisotopic (exact) mass is 346 g/mol. The molecule has 1 aromatic rings. The lowest BCUT2D eigenvalue weighted by molar-refractivity contribution is -0.00353. The average molecular weight is 346 g/mol. The fourth-order valence-electron chi connectivity index (χ4n) is 2.29. The lowest BCUT2D eigenvalue weighted by Gasteiger charge is -2.14. The Morgan fingerprint density at radius 1 is 1.48 bits per heavy atom. The zero-order valence-corrected chi connectivity index (χ0v) is 13.9. The summed E-state index contributed by atoms with van der Waals surface area (Å²) in [6, 6.07) is 0. The molecule has 9 nitrogen and oxygen atoms in total. The van der Waals surface area contributed by atoms with Crippen molar-refractivity contribution in [2.24, 2.45) is 0 Å². The number of nitrogens with one attached hydrogen (secondary N) is 1. The molecule has 0 bridgehead atoms. The summed E-state index contributed by atoms with van der Waals surface area (Å²) in [6.45, 7) is 1.58. The van der Waals surface area contributed by atoms with Crippen LogP contribution < -0.4 is 11.2 Å². The van der Waals surface area contributed by atoms with E-state index in [1.807, 2.05) is 0 Å². The summed E-state index contributed by atoms with van der Waals surface area (Å²) < 4.78 is 28.2. The van der Waals surface area contributed by atoms with Gasteiger partial charge in [0.25, 0.3) is 5.56 Å². The van der Waals surface area contributed by atoms with Gasteiger partial charge in [0.15, 0.2) is 0 Å². The highest BCUT2D eigenvalue weighted by Crippen LogP contribution is 2.43. The Hall–Kier alpha value is -1.51. The van der Waals surface area contributed by atoms with Crippen LogP contribution in [0.5, 0.6) is 0 Å². The van der Waals surface area contributed by atoms with Gasteiger partial charge in [-0.1, -0.05) is 0 Å². The second-order valence-electron chi connectivity index (χ2n) is 5.13. The molecule has 1 fully saturated rings. The minimum Gasteiger partial charge on any atom is -0.378 e. The summed E-state index contributed by atoms with van der Waals surface area (Å²) in [5.41, 5.74) is -0.666. The van der Waals surface area contributed by atoms with Crippen LogP contribution in [0.15, 0.2) is 27.7 Å². The van der Waals surface area contributed by atoms with E-state index in [1.165, 1.54) is 23.9 Å². The van der Waals surface area contributed by atoms with Crippen molar-refractivity contribution in [3.05, 3.63) is 44.5 Å². The Morgan fingerprint density at radius 3 is 2.78 bits per heavy atom. The van der Waals surface area contributed by atoms with Crippen LogP contribution in [0.25, 0.3) is 0 Å². The number of ether oxygens (including phenoxy) is 2. The van der Waals surface area contributed by atoms with E-state index in [-0.39, 0.29) is 0 Å². The summed E-state index contributed by atoms with van der Waals surface area (Å²) in [4.78, 5) is 34.9. The molecule has 0 radical (unpaired) electrons. The molecule has 0 amide bonds. The van der Waals surface area contributed by atoms with Crippen LogP contribution in [-0.4, -0.2) is 40.9 Å². The first kappa shape index (κ1) is 17.8. The predicted molar refractivity (Wildman–Crippen MR) is 81.4 cm³/mol. The fourth-order valence-corrected chi connectivity index (χ4v) is 2.80. The maximum Gasteiger partial charge on any atom is 0.351 e. The van der Waals surface area contributed by atoms with Crippen molar-refractivity contribution in [3.63, 3.8) is 0 Å². The quantitative estimate of drug-likeness (QED) is 0.745. The number of nitrogens with zero attached hydrogens (tertiary/aromatic N) is 1. The molecule has 23 heavy (non-hydrogen) atoms. The molecule has 0 aliphatic carbocycles. The third-order valence-electron chi connectivity index (χ3n) is 3.60. The predicted octanol–water partition coefficient (Wildman–Crippen LogP) is 0.493. The normalized spacial score (nSPS) is 27.4. The van der Waals surface area contributed by atoms with E-state index in [0.29, 0.717) is 12.0 Å². The SMILES string of the molecule is CO[C@@H]1C[C@H](n2cc(C)c(=O)[nH]c2=O)OC1/C=C/P(=O)(O)OC. The highest BCUT2D eigenvalue weighted by molar-refractivity contribution is 7.56. The van der Waals surface area contributed by atoms with Crippen LogP contribution in [0.1, 0.15) is 18.2 Å². The van der Waals surface area contributed by atoms with E-state index in [1.54, 1.807) is 6.92 Å². The number of aromatic nitrogens is 2. The molecule has 2 unspecified atom stereocenters. The fraction of sp³-hybridized carbons (Fsp3) is 0.538. The Bertz CT molecular complexity index is 753. The van der Waals surface area contributed by atoms with Crippen molar-refractivity contribution in [2.45, 2.75) is 31.8 Å². The zero-order valence-electron chi connectivity index (χ0n) is 13.0. The van der Waals surface area contributed by atoms with Crippen molar-refractivity contribution >= 4 is 7.60 Å². The molecular formula is C13H19N2O7P. The third kappa shape index (κ3) is 4.07. The van der Waals surface area contributed by atoms with Gasteiger partial charge >= 0.3 is 13.3 Å². The van der Waals surface area contributed by atoms with Gasteiger partial charge in [0.1, 0.15) is 12.3 Å². The van der Waals surface area contributed by atoms with E-state index in [0.717, 1.165) is 12.9 Å². The molecule has 2 N–H and O–H groups in total. The first-order valence-electron chi connectivity index (χ1n) is 6.85. The molecule has 10 heteroatoms. The number of H-pyrrole nitrogens is 1. The van der Waals surface area contributed by atoms with Gasteiger partial charge < -0.3 is 18.9 Å². The van der Waals surface area contributed by atoms with Crippen LogP contribution >= 0.6 is 7.60 Å². The lowest BCUT2D eigenvalue weighted by Crippen LogP contribution is -2.33. The Balaban J connectivity index is 2.25. The van der Waals surface area contributed by atoms with Gasteiger partial charge in [-0.2, -0.15) is 0 Å². The van der Waals surface area contributed by atoms with Crippen LogP contribution in [0.4, 0.5) is 0 Å². The summed E-state index contributed by atoms with van der Waals surface area (Å²) >= 11 is 0. The van der Waals surface area contributed by atoms with Crippen molar-refractivity contribution in [1.29, 1.82) is 0 Å². The molecule has 128 valence electrons. The van der Waals surface area contributed by atoms with E-state index < -0.39 is 37.3 Å². The topological polar surface area (TPSA) is 120 Å². The molecule has 0 aromatic carbocycles. The van der Waals surface area contributed by atoms with Gasteiger partial charge in [-0.05, 0) is 13.0 Å². The van der Waals surface area contributed by atoms with Crippen molar-refractivity contribution in [2.75, 3.05) is 14.2 Å². The van der Waals surface area contributed by atoms with Crippen LogP contribution in [0.2, 0.25) is 0 Å². The number of rotatable bonds is 5. The van der Waals surface area contributed by atoms with Gasteiger partial charge in [0.05, 0.1) is 6.10 Å². The Labute approximate surface area is 132 Å². The minimum absolute atomic E-state index is 0.347. The smallest absolute Gasteiger partial charge is 0.351 e. The number of hydrogen-bond donors (Lipinski definition) is 2. The summed E-state index contributed by atoms with van der Waals surface area (Å²) in [5.74, 6) is 1.02. The maximum atomic E-state index is 11.9. The number of methoxy groups -OCH3 is 1. The second kappa shape index (κ2) is 6.94. The lowest BCUT2D eigenvalue weighted by atomic mass is 10.2. The summed E-state index contributed by atoms with van der Waals surface area (Å²) in [7, 11) is -1.21. The molecule has 2 rings (SSSR count). The molecule has 1 saturated heterocycles. The molecule has 0 spiro atoms. The molecule has 4 atom stereocenters. The van der Waals surface area contributed by atoms with E-state index in [2.05, 4.69) is 9.51 Å². The van der Waals surface area contributed by atoms with E-state index >= 15 is 0 Å². The number of hydrogen-bond acceptors (Lipinski definition) is 6. The molecule has 1 aromatic heterocycles. The van der Waals surface area contributed by atoms with Gasteiger partial charge in [0.2, 0.25) is 0 Å². The van der Waals surface area contributed by atoms with Gasteiger partial charge in [0, 0.05) is 38.2 Å². The minimum atomic E-state index is -3.81. The van der Waals surface area contributed by atoms with Crippen LogP contribution in [0, 0.1) is 6.92 Å². The van der Waals surface area contributed by atoms with Gasteiger partial charge in [-0.3, -0.25) is 18.9 Å². The van der Waals surface area contributed by atoms with Crippen LogP contribution in [-0.2, 0) is 18.6 Å². The molecule has 2 heterocycles. The standard InChI is InChI=1S/C13H19N2O7P/c1-8-7-15(13(17)14-12(8)16)11-6-10(20-2)9(22-11)4-5-23(18,19)21-3/h4-5,7,9-11H,6H2,1-3H3,(H,18,19)(H,14,16,17)/b5-4+/t9?,10-,11-/m1/s1. The number of aromatic amines is 1. The van der Waals surface area contributed by atoms with Gasteiger partial charge in [-0.25, -0.2) is 4.79 Å². The summed E-state index contributed by atoms with van der Waals surface area (Å²) in [6.07, 6.45) is 1.45. The second-order valence-corrected chi connectivity index (χ2v) is 6.92. The van der Waals surface area contributed by atoms with E-state index in [9.17, 15) is 19.0 Å². The molecule has 1 aliphatic heterocycles. The highest BCUT2D eigenvalue weighted by Gasteiger charge is 2.36. The third-order valence-corrected chi connectivity index (χ3v) is 4.67. The first-order chi connectivity index (χ1) is 10.8. The highest BCUT2D eigenvalue weighted by atomic mass is 31.2. The first-order valence-corrected chi connectivity index (χ1v) is 8.50. The zero-order chi connectivity index (χ0) is 17.2. The Morgan fingerprint density at radius 2 is 2.17 bits per heavy atom.